The highest BCUT2D eigenvalue weighted by atomic mass is 35.5. The first-order valence-electron chi connectivity index (χ1n) is 14.7. The molecule has 0 bridgehead atoms. The fraction of sp³-hybridized carbons (Fsp3) is 0.759. The van der Waals surface area contributed by atoms with Crippen LogP contribution in [0.3, 0.4) is 0 Å². The number of carbonyl (C=O) groups excluding carboxylic acids is 1. The van der Waals surface area contributed by atoms with Gasteiger partial charge in [-0.1, -0.05) is 44.2 Å². The molecule has 3 saturated heterocycles. The summed E-state index contributed by atoms with van der Waals surface area (Å²) in [5.74, 6) is -2.09. The second kappa shape index (κ2) is 15.1. The zero-order valence-corrected chi connectivity index (χ0v) is 24.9. The molecule has 1 aromatic carbocycles. The zero-order chi connectivity index (χ0) is 28.4. The van der Waals surface area contributed by atoms with Gasteiger partial charge in [0.1, 0.15) is 12.7 Å². The summed E-state index contributed by atoms with van der Waals surface area (Å²) in [5, 5.41) is 6.83. The molecule has 3 aliphatic heterocycles. The van der Waals surface area contributed by atoms with Crippen LogP contribution in [0.25, 0.3) is 0 Å². The second-order valence-corrected chi connectivity index (χ2v) is 11.6. The Morgan fingerprint density at radius 3 is 2.60 bits per heavy atom. The largest absolute Gasteiger partial charge is 0.440 e. The first-order valence-corrected chi connectivity index (χ1v) is 15.1. The van der Waals surface area contributed by atoms with Gasteiger partial charge in [0, 0.05) is 50.0 Å². The summed E-state index contributed by atoms with van der Waals surface area (Å²) in [6.07, 6.45) is 3.29. The van der Waals surface area contributed by atoms with E-state index in [2.05, 4.69) is 22.5 Å². The van der Waals surface area contributed by atoms with Crippen molar-refractivity contribution in [1.29, 1.82) is 0 Å². The Morgan fingerprint density at radius 1 is 1.10 bits per heavy atom. The van der Waals surface area contributed by atoms with Crippen LogP contribution in [0.5, 0.6) is 0 Å². The van der Waals surface area contributed by atoms with Crippen molar-refractivity contribution >= 4 is 23.4 Å². The molecule has 0 aliphatic carbocycles. The molecule has 0 radical (unpaired) electrons. The van der Waals surface area contributed by atoms with E-state index in [0.717, 1.165) is 52.2 Å². The minimum absolute atomic E-state index is 0.192. The molecule has 11 heteroatoms. The van der Waals surface area contributed by atoms with E-state index in [9.17, 15) is 4.79 Å². The Kier molecular flexibility index (Phi) is 11.9. The van der Waals surface area contributed by atoms with E-state index in [0.29, 0.717) is 23.9 Å². The molecule has 226 valence electrons. The Hall–Kier alpha value is -1.50. The molecule has 4 atom stereocenters. The monoisotopic (exact) mass is 583 g/mol. The minimum atomic E-state index is -1.17. The standard InChI is InChI=1S/C29H46ClN3O7/c1-4-5-6-7-8-17-36-21-29-26(39-28(2,3)40-29)25(37-27(34)32-23-11-9-22(30)10-12-23)24(38-29)20-31-13-14-33-15-18-35-19-16-33/h9-12,24-26,31H,4-8,13-21H2,1-3H3,(H,32,34)/t24-,25+,26-,29-/m0/s1. The number of amides is 1. The molecule has 0 aromatic heterocycles. The van der Waals surface area contributed by atoms with Crippen LogP contribution in [-0.2, 0) is 28.4 Å². The molecular weight excluding hydrogens is 538 g/mol. The molecule has 0 saturated carbocycles. The minimum Gasteiger partial charge on any atom is -0.440 e. The average molecular weight is 584 g/mol. The lowest BCUT2D eigenvalue weighted by atomic mass is 10.1. The summed E-state index contributed by atoms with van der Waals surface area (Å²) in [7, 11) is 0. The third kappa shape index (κ3) is 9.00. The molecule has 1 aromatic rings. The Labute approximate surface area is 243 Å². The maximum absolute atomic E-state index is 13.0. The van der Waals surface area contributed by atoms with Crippen molar-refractivity contribution < 1.29 is 33.2 Å². The fourth-order valence-corrected chi connectivity index (χ4v) is 5.52. The third-order valence-corrected chi connectivity index (χ3v) is 7.61. The SMILES string of the molecule is CCCCCCCOC[C@@]12O[C@@H](CNCCN3CCOCC3)[C@@H](OC(=O)Nc3ccc(Cl)cc3)[C@@H]1OC(C)(C)O2. The number of anilines is 1. The van der Waals surface area contributed by atoms with Crippen LogP contribution < -0.4 is 10.6 Å². The van der Waals surface area contributed by atoms with E-state index in [-0.39, 0.29) is 6.61 Å². The highest BCUT2D eigenvalue weighted by Crippen LogP contribution is 2.46. The lowest BCUT2D eigenvalue weighted by molar-refractivity contribution is -0.277. The molecular formula is C29H46ClN3O7. The molecule has 0 spiro atoms. The van der Waals surface area contributed by atoms with Crippen molar-refractivity contribution in [2.45, 2.75) is 82.8 Å². The van der Waals surface area contributed by atoms with Gasteiger partial charge in [0.2, 0.25) is 5.79 Å². The third-order valence-electron chi connectivity index (χ3n) is 7.36. The first-order chi connectivity index (χ1) is 19.3. The average Bonchev–Trinajstić information content (AvgIpc) is 3.34. The summed E-state index contributed by atoms with van der Waals surface area (Å²) in [6.45, 7) is 12.2. The van der Waals surface area contributed by atoms with Crippen LogP contribution in [-0.4, -0.2) is 100 Å². The first kappa shape index (κ1) is 31.4. The fourth-order valence-electron chi connectivity index (χ4n) is 5.39. The van der Waals surface area contributed by atoms with E-state index in [4.69, 9.17) is 40.0 Å². The molecule has 10 nitrogen and oxygen atoms in total. The molecule has 3 heterocycles. The number of fused-ring (bicyclic) bond motifs is 1. The number of hydrogen-bond acceptors (Lipinski definition) is 9. The molecule has 3 fully saturated rings. The molecule has 0 unspecified atom stereocenters. The van der Waals surface area contributed by atoms with Crippen LogP contribution in [0.15, 0.2) is 24.3 Å². The van der Waals surface area contributed by atoms with Crippen LogP contribution in [0, 0.1) is 0 Å². The summed E-state index contributed by atoms with van der Waals surface area (Å²) in [4.78, 5) is 15.3. The lowest BCUT2D eigenvalue weighted by Gasteiger charge is -2.29. The van der Waals surface area contributed by atoms with Crippen molar-refractivity contribution in [3.05, 3.63) is 29.3 Å². The van der Waals surface area contributed by atoms with Gasteiger partial charge in [0.25, 0.3) is 0 Å². The zero-order valence-electron chi connectivity index (χ0n) is 24.1. The van der Waals surface area contributed by atoms with Crippen LogP contribution in [0.4, 0.5) is 10.5 Å². The predicted octanol–water partition coefficient (Wildman–Crippen LogP) is 4.41. The van der Waals surface area contributed by atoms with Gasteiger partial charge in [-0.25, -0.2) is 4.79 Å². The highest BCUT2D eigenvalue weighted by molar-refractivity contribution is 6.30. The van der Waals surface area contributed by atoms with E-state index in [1.54, 1.807) is 24.3 Å². The normalized spacial score (nSPS) is 27.9. The highest BCUT2D eigenvalue weighted by Gasteiger charge is 2.66. The molecule has 2 N–H and O–H groups in total. The number of morpholine rings is 1. The van der Waals surface area contributed by atoms with Gasteiger partial charge in [0.15, 0.2) is 18.0 Å². The number of hydrogen-bond donors (Lipinski definition) is 2. The van der Waals surface area contributed by atoms with Crippen LogP contribution in [0.1, 0.15) is 52.9 Å². The summed E-state index contributed by atoms with van der Waals surface area (Å²) >= 11 is 5.98. The quantitative estimate of drug-likeness (QED) is 0.291. The van der Waals surface area contributed by atoms with Crippen molar-refractivity contribution in [3.8, 4) is 0 Å². The van der Waals surface area contributed by atoms with Crippen molar-refractivity contribution in [1.82, 2.24) is 10.2 Å². The van der Waals surface area contributed by atoms with Gasteiger partial charge in [-0.2, -0.15) is 0 Å². The van der Waals surface area contributed by atoms with Gasteiger partial charge >= 0.3 is 6.09 Å². The summed E-state index contributed by atoms with van der Waals surface area (Å²) in [5.41, 5.74) is 0.579. The Morgan fingerprint density at radius 2 is 1.85 bits per heavy atom. The van der Waals surface area contributed by atoms with Gasteiger partial charge in [-0.3, -0.25) is 10.2 Å². The second-order valence-electron chi connectivity index (χ2n) is 11.1. The number of ether oxygens (including phenoxy) is 6. The van der Waals surface area contributed by atoms with Gasteiger partial charge < -0.3 is 33.7 Å². The van der Waals surface area contributed by atoms with Crippen molar-refractivity contribution in [2.75, 3.05) is 64.5 Å². The lowest BCUT2D eigenvalue weighted by Crippen LogP contribution is -2.46. The van der Waals surface area contributed by atoms with Crippen molar-refractivity contribution in [3.63, 3.8) is 0 Å². The number of nitrogens with one attached hydrogen (secondary N) is 2. The number of unbranched alkanes of at least 4 members (excludes halogenated alkanes) is 4. The van der Waals surface area contributed by atoms with Crippen LogP contribution in [0.2, 0.25) is 5.02 Å². The molecule has 40 heavy (non-hydrogen) atoms. The van der Waals surface area contributed by atoms with Gasteiger partial charge in [-0.05, 0) is 44.5 Å². The van der Waals surface area contributed by atoms with E-state index >= 15 is 0 Å². The Balaban J connectivity index is 1.39. The van der Waals surface area contributed by atoms with Gasteiger partial charge in [0.05, 0.1) is 13.2 Å². The predicted molar refractivity (Wildman–Crippen MR) is 153 cm³/mol. The van der Waals surface area contributed by atoms with Crippen molar-refractivity contribution in [2.24, 2.45) is 0 Å². The number of nitrogens with zero attached hydrogens (tertiary/aromatic N) is 1. The maximum atomic E-state index is 13.0. The number of carbonyl (C=O) groups is 1. The van der Waals surface area contributed by atoms with Gasteiger partial charge in [-0.15, -0.1) is 0 Å². The van der Waals surface area contributed by atoms with E-state index in [1.807, 2.05) is 13.8 Å². The maximum Gasteiger partial charge on any atom is 0.412 e. The van der Waals surface area contributed by atoms with E-state index in [1.165, 1.54) is 19.3 Å². The Bertz CT molecular complexity index is 915. The summed E-state index contributed by atoms with van der Waals surface area (Å²) < 4.78 is 36.7. The molecule has 1 amide bonds. The number of benzene rings is 1. The van der Waals surface area contributed by atoms with Crippen LogP contribution >= 0.6 is 11.6 Å². The van der Waals surface area contributed by atoms with E-state index < -0.39 is 36.0 Å². The number of halogens is 1. The molecule has 4 rings (SSSR count). The topological polar surface area (TPSA) is 99.8 Å². The molecule has 3 aliphatic rings. The number of rotatable bonds is 15. The smallest absolute Gasteiger partial charge is 0.412 e. The summed E-state index contributed by atoms with van der Waals surface area (Å²) in [6, 6.07) is 6.85.